The van der Waals surface area contributed by atoms with Crippen LogP contribution in [-0.2, 0) is 4.79 Å². The average molecular weight is 209 g/mol. The van der Waals surface area contributed by atoms with E-state index in [-0.39, 0.29) is 11.8 Å². The quantitative estimate of drug-likeness (QED) is 0.687. The average Bonchev–Trinajstić information content (AvgIpc) is 2.29. The molecule has 84 valence electrons. The number of rotatable bonds is 3. The van der Waals surface area contributed by atoms with Crippen molar-refractivity contribution in [3.8, 4) is 6.07 Å². The summed E-state index contributed by atoms with van der Waals surface area (Å²) in [5.74, 6) is 0.369. The van der Waals surface area contributed by atoms with E-state index in [0.29, 0.717) is 6.54 Å². The summed E-state index contributed by atoms with van der Waals surface area (Å²) in [6, 6.07) is 2.29. The lowest BCUT2D eigenvalue weighted by Gasteiger charge is -2.29. The monoisotopic (exact) mass is 209 g/mol. The van der Waals surface area contributed by atoms with Crippen LogP contribution >= 0.6 is 0 Å². The first-order chi connectivity index (χ1) is 7.17. The smallest absolute Gasteiger partial charge is 0.236 e. The number of nitriles is 1. The summed E-state index contributed by atoms with van der Waals surface area (Å²) in [5.41, 5.74) is 0. The van der Waals surface area contributed by atoms with E-state index in [2.05, 4.69) is 11.0 Å². The Balaban J connectivity index is 2.30. The number of likely N-dealkylation sites (N-methyl/N-ethyl adjacent to an activating group) is 1. The number of nitrogens with zero attached hydrogens (tertiary/aromatic N) is 3. The molecule has 1 fully saturated rings. The van der Waals surface area contributed by atoms with Gasteiger partial charge in [0.05, 0.1) is 12.6 Å². The molecule has 0 spiro atoms. The molecular weight excluding hydrogens is 190 g/mol. The number of carbonyl (C=O) groups excluding carboxylic acids is 1. The first-order valence-electron chi connectivity index (χ1n) is 5.53. The molecule has 1 saturated heterocycles. The van der Waals surface area contributed by atoms with Crippen molar-refractivity contribution in [2.45, 2.75) is 19.8 Å². The fraction of sp³-hybridized carbons (Fsp3) is 0.818. The van der Waals surface area contributed by atoms with Crippen LogP contribution in [0.25, 0.3) is 0 Å². The van der Waals surface area contributed by atoms with Crippen LogP contribution in [-0.4, -0.2) is 48.9 Å². The Morgan fingerprint density at radius 1 is 1.53 bits per heavy atom. The molecule has 0 saturated carbocycles. The van der Waals surface area contributed by atoms with Gasteiger partial charge in [-0.05, 0) is 32.9 Å². The van der Waals surface area contributed by atoms with Crippen LogP contribution in [0.4, 0.5) is 0 Å². The molecule has 0 aromatic heterocycles. The number of carbonyl (C=O) groups is 1. The standard InChI is InChI=1S/C11H19N3O/c1-3-13(2)11(15)9-14-6-4-10(8-12)5-7-14/h10H,3-7,9H2,1-2H3. The van der Waals surface area contributed by atoms with Gasteiger partial charge in [0.25, 0.3) is 0 Å². The fourth-order valence-corrected chi connectivity index (χ4v) is 1.71. The molecule has 0 aromatic rings. The molecule has 1 rings (SSSR count). The van der Waals surface area contributed by atoms with Crippen LogP contribution in [0.15, 0.2) is 0 Å². The van der Waals surface area contributed by atoms with E-state index >= 15 is 0 Å². The van der Waals surface area contributed by atoms with Gasteiger partial charge in [-0.1, -0.05) is 0 Å². The van der Waals surface area contributed by atoms with Gasteiger partial charge in [0, 0.05) is 19.5 Å². The second-order valence-electron chi connectivity index (χ2n) is 4.09. The maximum atomic E-state index is 11.6. The first kappa shape index (κ1) is 12.0. The van der Waals surface area contributed by atoms with Crippen LogP contribution in [0.3, 0.4) is 0 Å². The third kappa shape index (κ3) is 3.52. The van der Waals surface area contributed by atoms with Gasteiger partial charge in [-0.25, -0.2) is 0 Å². The van der Waals surface area contributed by atoms with E-state index in [1.165, 1.54) is 0 Å². The fourth-order valence-electron chi connectivity index (χ4n) is 1.71. The molecule has 15 heavy (non-hydrogen) atoms. The van der Waals surface area contributed by atoms with Crippen LogP contribution in [0, 0.1) is 17.2 Å². The van der Waals surface area contributed by atoms with Crippen molar-refractivity contribution in [1.29, 1.82) is 5.26 Å². The van der Waals surface area contributed by atoms with Crippen molar-refractivity contribution >= 4 is 5.91 Å². The molecule has 0 atom stereocenters. The van der Waals surface area contributed by atoms with E-state index in [9.17, 15) is 4.79 Å². The minimum atomic E-state index is 0.174. The highest BCUT2D eigenvalue weighted by atomic mass is 16.2. The molecule has 0 radical (unpaired) electrons. The summed E-state index contributed by atoms with van der Waals surface area (Å²) in [6.07, 6.45) is 1.80. The number of hydrogen-bond acceptors (Lipinski definition) is 3. The number of likely N-dealkylation sites (tertiary alicyclic amines) is 1. The minimum Gasteiger partial charge on any atom is -0.345 e. The molecule has 0 aliphatic carbocycles. The van der Waals surface area contributed by atoms with Crippen molar-refractivity contribution in [1.82, 2.24) is 9.80 Å². The molecular formula is C11H19N3O. The normalized spacial score (nSPS) is 18.5. The van der Waals surface area contributed by atoms with E-state index in [1.54, 1.807) is 4.90 Å². The molecule has 0 unspecified atom stereocenters. The first-order valence-corrected chi connectivity index (χ1v) is 5.53. The van der Waals surface area contributed by atoms with Crippen molar-refractivity contribution in [2.24, 2.45) is 5.92 Å². The predicted octanol–water partition coefficient (Wildman–Crippen LogP) is 0.700. The van der Waals surface area contributed by atoms with Gasteiger partial charge in [-0.15, -0.1) is 0 Å². The van der Waals surface area contributed by atoms with Crippen molar-refractivity contribution in [3.63, 3.8) is 0 Å². The Morgan fingerprint density at radius 3 is 2.60 bits per heavy atom. The molecule has 1 aliphatic rings. The zero-order chi connectivity index (χ0) is 11.3. The van der Waals surface area contributed by atoms with Crippen molar-refractivity contribution in [3.05, 3.63) is 0 Å². The van der Waals surface area contributed by atoms with Gasteiger partial charge in [0.1, 0.15) is 0 Å². The van der Waals surface area contributed by atoms with Gasteiger partial charge < -0.3 is 4.90 Å². The van der Waals surface area contributed by atoms with E-state index in [1.807, 2.05) is 14.0 Å². The molecule has 0 bridgehead atoms. The lowest BCUT2D eigenvalue weighted by molar-refractivity contribution is -0.131. The number of piperidine rings is 1. The highest BCUT2D eigenvalue weighted by Crippen LogP contribution is 2.15. The van der Waals surface area contributed by atoms with Gasteiger partial charge >= 0.3 is 0 Å². The van der Waals surface area contributed by atoms with Gasteiger partial charge in [-0.2, -0.15) is 5.26 Å². The van der Waals surface area contributed by atoms with Crippen LogP contribution in [0.1, 0.15) is 19.8 Å². The second-order valence-corrected chi connectivity index (χ2v) is 4.09. The lowest BCUT2D eigenvalue weighted by atomic mass is 9.99. The number of amides is 1. The van der Waals surface area contributed by atoms with Crippen molar-refractivity contribution in [2.75, 3.05) is 33.2 Å². The van der Waals surface area contributed by atoms with Crippen LogP contribution < -0.4 is 0 Å². The third-order valence-corrected chi connectivity index (χ3v) is 3.03. The zero-order valence-electron chi connectivity index (χ0n) is 9.57. The molecule has 1 amide bonds. The second kappa shape index (κ2) is 5.72. The molecule has 0 N–H and O–H groups in total. The largest absolute Gasteiger partial charge is 0.345 e. The highest BCUT2D eigenvalue weighted by molar-refractivity contribution is 5.77. The van der Waals surface area contributed by atoms with E-state index in [4.69, 9.17) is 5.26 Å². The van der Waals surface area contributed by atoms with Gasteiger partial charge in [-0.3, -0.25) is 9.69 Å². The maximum absolute atomic E-state index is 11.6. The Hall–Kier alpha value is -1.08. The summed E-state index contributed by atoms with van der Waals surface area (Å²) in [7, 11) is 1.82. The SMILES string of the molecule is CCN(C)C(=O)CN1CCC(C#N)CC1. The molecule has 1 aliphatic heterocycles. The minimum absolute atomic E-state index is 0.174. The molecule has 4 nitrogen and oxygen atoms in total. The van der Waals surface area contributed by atoms with Gasteiger partial charge in [0.15, 0.2) is 0 Å². The Bertz CT molecular complexity index is 251. The molecule has 0 aromatic carbocycles. The zero-order valence-corrected chi connectivity index (χ0v) is 9.57. The number of hydrogen-bond donors (Lipinski definition) is 0. The van der Waals surface area contributed by atoms with Crippen molar-refractivity contribution < 1.29 is 4.79 Å². The summed E-state index contributed by atoms with van der Waals surface area (Å²) < 4.78 is 0. The third-order valence-electron chi connectivity index (χ3n) is 3.03. The summed E-state index contributed by atoms with van der Waals surface area (Å²) >= 11 is 0. The summed E-state index contributed by atoms with van der Waals surface area (Å²) in [5, 5.41) is 8.74. The van der Waals surface area contributed by atoms with Crippen LogP contribution in [0.2, 0.25) is 0 Å². The topological polar surface area (TPSA) is 47.3 Å². The maximum Gasteiger partial charge on any atom is 0.236 e. The van der Waals surface area contributed by atoms with Gasteiger partial charge in [0.2, 0.25) is 5.91 Å². The Labute approximate surface area is 91.5 Å². The Kier molecular flexibility index (Phi) is 4.57. The lowest BCUT2D eigenvalue weighted by Crippen LogP contribution is -2.41. The highest BCUT2D eigenvalue weighted by Gasteiger charge is 2.21. The predicted molar refractivity (Wildman–Crippen MR) is 58.1 cm³/mol. The van der Waals surface area contributed by atoms with E-state index in [0.717, 1.165) is 32.5 Å². The summed E-state index contributed by atoms with van der Waals surface area (Å²) in [4.78, 5) is 15.5. The van der Waals surface area contributed by atoms with Crippen LogP contribution in [0.5, 0.6) is 0 Å². The Morgan fingerprint density at radius 2 is 2.13 bits per heavy atom. The summed E-state index contributed by atoms with van der Waals surface area (Å²) in [6.45, 7) is 4.98. The molecule has 4 heteroatoms. The molecule has 1 heterocycles. The van der Waals surface area contributed by atoms with E-state index < -0.39 is 0 Å².